The molecule has 9 heteroatoms. The molecule has 0 fully saturated rings. The van der Waals surface area contributed by atoms with Crippen LogP contribution in [0.15, 0.2) is 18.2 Å². The molecular formula is C18H24N3O5P. The standard InChI is InChI=1S/C18H24N3O5P/c1-9-4-10(2)15(11(3)5-9)16(24)17(27)26-12(7-22)8-25-14-6-13(23)20-18(19)21-14/h4-6,12,17,22H,7-8,27H2,1-3H3,(H3,19,20,21,23)/t12-,17?/m0/s1. The molecule has 8 nitrogen and oxygen atoms in total. The second-order valence-corrected chi connectivity index (χ2v) is 6.84. The van der Waals surface area contributed by atoms with E-state index in [0.29, 0.717) is 5.56 Å². The van der Waals surface area contributed by atoms with E-state index in [9.17, 15) is 15.0 Å². The van der Waals surface area contributed by atoms with Crippen molar-refractivity contribution < 1.29 is 24.5 Å². The molecule has 0 amide bonds. The van der Waals surface area contributed by atoms with Crippen LogP contribution in [0.5, 0.6) is 11.8 Å². The summed E-state index contributed by atoms with van der Waals surface area (Å²) >= 11 is 0. The SMILES string of the molecule is Cc1cc(C)c(C(=O)C(P)O[C@@H](CO)COc2cc(O)nc(N)n2)c(C)c1. The molecular weight excluding hydrogens is 369 g/mol. The van der Waals surface area contributed by atoms with Gasteiger partial charge in [0.2, 0.25) is 17.7 Å². The third-order valence-electron chi connectivity index (χ3n) is 3.85. The third kappa shape index (κ3) is 5.60. The number of nitrogens with zero attached hydrogens (tertiary/aromatic N) is 2. The van der Waals surface area contributed by atoms with Crippen LogP contribution in [0.25, 0.3) is 0 Å². The van der Waals surface area contributed by atoms with Gasteiger partial charge in [0.1, 0.15) is 18.6 Å². The quantitative estimate of drug-likeness (QED) is 0.455. The summed E-state index contributed by atoms with van der Waals surface area (Å²) in [6.07, 6.45) is -0.777. The van der Waals surface area contributed by atoms with Crippen LogP contribution in [0.2, 0.25) is 0 Å². The van der Waals surface area contributed by atoms with Crippen molar-refractivity contribution in [1.82, 2.24) is 9.97 Å². The predicted molar refractivity (Wildman–Crippen MR) is 104 cm³/mol. The number of ether oxygens (including phenoxy) is 2. The van der Waals surface area contributed by atoms with Crippen LogP contribution < -0.4 is 10.5 Å². The Bertz CT molecular complexity index is 787. The number of ketones is 1. The molecule has 0 aliphatic carbocycles. The van der Waals surface area contributed by atoms with Crippen molar-refractivity contribution in [2.75, 3.05) is 18.9 Å². The number of hydrogen-bond acceptors (Lipinski definition) is 8. The van der Waals surface area contributed by atoms with Crippen LogP contribution in [0.3, 0.4) is 0 Å². The summed E-state index contributed by atoms with van der Waals surface area (Å²) in [6, 6.07) is 5.07. The molecule has 2 aromatic rings. The van der Waals surface area contributed by atoms with Gasteiger partial charge in [-0.05, 0) is 31.9 Å². The molecule has 3 atom stereocenters. The topological polar surface area (TPSA) is 128 Å². The van der Waals surface area contributed by atoms with E-state index < -0.39 is 11.9 Å². The summed E-state index contributed by atoms with van der Waals surface area (Å²) in [5.74, 6) is -1.48. The Morgan fingerprint density at radius 1 is 1.22 bits per heavy atom. The number of Topliss-reactive ketones (excluding diaryl/α,β-unsaturated/α-hetero) is 1. The van der Waals surface area contributed by atoms with E-state index in [1.807, 2.05) is 32.9 Å². The fourth-order valence-electron chi connectivity index (χ4n) is 2.80. The Morgan fingerprint density at radius 2 is 1.85 bits per heavy atom. The molecule has 146 valence electrons. The normalized spacial score (nSPS) is 13.2. The van der Waals surface area contributed by atoms with E-state index in [2.05, 4.69) is 19.2 Å². The summed E-state index contributed by atoms with van der Waals surface area (Å²) in [5.41, 5.74) is 8.86. The molecule has 0 bridgehead atoms. The molecule has 27 heavy (non-hydrogen) atoms. The van der Waals surface area contributed by atoms with E-state index in [-0.39, 0.29) is 36.7 Å². The lowest BCUT2D eigenvalue weighted by Gasteiger charge is -2.21. The van der Waals surface area contributed by atoms with Gasteiger partial charge in [0.05, 0.1) is 12.7 Å². The number of nitrogen functional groups attached to an aromatic ring is 1. The van der Waals surface area contributed by atoms with Crippen molar-refractivity contribution in [3.63, 3.8) is 0 Å². The van der Waals surface area contributed by atoms with Crippen LogP contribution in [-0.4, -0.2) is 51.1 Å². The minimum Gasteiger partial charge on any atom is -0.493 e. The number of rotatable bonds is 8. The highest BCUT2D eigenvalue weighted by Gasteiger charge is 2.24. The van der Waals surface area contributed by atoms with Crippen LogP contribution in [-0.2, 0) is 4.74 Å². The average molecular weight is 393 g/mol. The molecule has 0 spiro atoms. The largest absolute Gasteiger partial charge is 0.493 e. The van der Waals surface area contributed by atoms with Gasteiger partial charge in [-0.25, -0.2) is 0 Å². The fourth-order valence-corrected chi connectivity index (χ4v) is 3.19. The van der Waals surface area contributed by atoms with Gasteiger partial charge in [-0.2, -0.15) is 9.97 Å². The minimum atomic E-state index is -0.852. The fraction of sp³-hybridized carbons (Fsp3) is 0.389. The van der Waals surface area contributed by atoms with E-state index in [1.54, 1.807) is 0 Å². The Kier molecular flexibility index (Phi) is 7.07. The van der Waals surface area contributed by atoms with Crippen LogP contribution >= 0.6 is 9.24 Å². The number of aliphatic hydroxyl groups excluding tert-OH is 1. The second-order valence-electron chi connectivity index (χ2n) is 6.23. The van der Waals surface area contributed by atoms with Crippen LogP contribution in [0.1, 0.15) is 27.0 Å². The lowest BCUT2D eigenvalue weighted by atomic mass is 9.97. The first-order valence-corrected chi connectivity index (χ1v) is 8.98. The number of carbonyl (C=O) groups is 1. The van der Waals surface area contributed by atoms with E-state index in [1.165, 1.54) is 6.07 Å². The first kappa shape index (κ1) is 21.0. The Labute approximate surface area is 159 Å². The molecule has 2 unspecified atom stereocenters. The van der Waals surface area contributed by atoms with E-state index in [4.69, 9.17) is 15.2 Å². The number of aryl methyl sites for hydroxylation is 3. The number of hydrogen-bond donors (Lipinski definition) is 3. The van der Waals surface area contributed by atoms with Crippen molar-refractivity contribution in [3.05, 3.63) is 40.5 Å². The molecule has 0 saturated carbocycles. The van der Waals surface area contributed by atoms with Gasteiger partial charge in [-0.3, -0.25) is 4.79 Å². The molecule has 1 heterocycles. The smallest absolute Gasteiger partial charge is 0.226 e. The highest BCUT2D eigenvalue weighted by molar-refractivity contribution is 7.19. The molecule has 0 aliphatic heterocycles. The van der Waals surface area contributed by atoms with Gasteiger partial charge < -0.3 is 25.4 Å². The molecule has 0 aliphatic rings. The molecule has 2 rings (SSSR count). The molecule has 4 N–H and O–H groups in total. The maximum Gasteiger partial charge on any atom is 0.226 e. The summed E-state index contributed by atoms with van der Waals surface area (Å²) < 4.78 is 11.0. The van der Waals surface area contributed by atoms with Gasteiger partial charge in [0.15, 0.2) is 5.78 Å². The zero-order chi connectivity index (χ0) is 20.1. The van der Waals surface area contributed by atoms with E-state index >= 15 is 0 Å². The Hall–Kier alpha value is -2.28. The lowest BCUT2D eigenvalue weighted by molar-refractivity contribution is -0.0200. The van der Waals surface area contributed by atoms with Crippen molar-refractivity contribution >= 4 is 21.0 Å². The lowest BCUT2D eigenvalue weighted by Crippen LogP contribution is -2.32. The van der Waals surface area contributed by atoms with Crippen LogP contribution in [0.4, 0.5) is 5.95 Å². The average Bonchev–Trinajstić information content (AvgIpc) is 2.56. The first-order valence-electron chi connectivity index (χ1n) is 8.31. The summed E-state index contributed by atoms with van der Waals surface area (Å²) in [5, 5.41) is 18.9. The van der Waals surface area contributed by atoms with Crippen LogP contribution in [0, 0.1) is 20.8 Å². The number of aromatic nitrogens is 2. The number of carbonyl (C=O) groups excluding carboxylic acids is 1. The van der Waals surface area contributed by atoms with Crippen molar-refractivity contribution in [2.24, 2.45) is 0 Å². The molecule has 0 saturated heterocycles. The monoisotopic (exact) mass is 393 g/mol. The zero-order valence-electron chi connectivity index (χ0n) is 15.5. The molecule has 0 radical (unpaired) electrons. The third-order valence-corrected chi connectivity index (χ3v) is 4.31. The van der Waals surface area contributed by atoms with Gasteiger partial charge in [-0.1, -0.05) is 26.9 Å². The summed E-state index contributed by atoms with van der Waals surface area (Å²) in [7, 11) is 2.35. The highest BCUT2D eigenvalue weighted by atomic mass is 31.0. The summed E-state index contributed by atoms with van der Waals surface area (Å²) in [4.78, 5) is 20.1. The maximum atomic E-state index is 12.8. The second kappa shape index (κ2) is 9.08. The first-order chi connectivity index (χ1) is 12.7. The van der Waals surface area contributed by atoms with Gasteiger partial charge in [-0.15, -0.1) is 0 Å². The van der Waals surface area contributed by atoms with Crippen molar-refractivity contribution in [3.8, 4) is 11.8 Å². The predicted octanol–water partition coefficient (Wildman–Crippen LogP) is 1.53. The Balaban J connectivity index is 2.03. The van der Waals surface area contributed by atoms with Crippen molar-refractivity contribution in [2.45, 2.75) is 32.7 Å². The number of anilines is 1. The minimum absolute atomic E-state index is 0.0407. The van der Waals surface area contributed by atoms with Gasteiger partial charge >= 0.3 is 0 Å². The Morgan fingerprint density at radius 3 is 2.41 bits per heavy atom. The van der Waals surface area contributed by atoms with E-state index in [0.717, 1.165) is 16.7 Å². The number of nitrogens with two attached hydrogens (primary N) is 1. The zero-order valence-corrected chi connectivity index (χ0v) is 16.6. The number of benzene rings is 1. The highest BCUT2D eigenvalue weighted by Crippen LogP contribution is 2.22. The van der Waals surface area contributed by atoms with Crippen molar-refractivity contribution in [1.29, 1.82) is 0 Å². The summed E-state index contributed by atoms with van der Waals surface area (Å²) in [6.45, 7) is 5.28. The molecule has 1 aromatic heterocycles. The van der Waals surface area contributed by atoms with Gasteiger partial charge in [0.25, 0.3) is 0 Å². The molecule has 1 aromatic carbocycles. The van der Waals surface area contributed by atoms with Gasteiger partial charge in [0, 0.05) is 5.56 Å². The maximum absolute atomic E-state index is 12.8. The number of aromatic hydroxyl groups is 1. The number of aliphatic hydroxyl groups is 1.